The fourth-order valence-corrected chi connectivity index (χ4v) is 3.14. The number of anilines is 1. The van der Waals surface area contributed by atoms with Crippen molar-refractivity contribution in [3.63, 3.8) is 0 Å². The number of aryl methyl sites for hydroxylation is 1. The van der Waals surface area contributed by atoms with Gasteiger partial charge < -0.3 is 5.11 Å². The first-order chi connectivity index (χ1) is 12.4. The normalized spacial score (nSPS) is 17.8. The molecule has 1 aromatic heterocycles. The van der Waals surface area contributed by atoms with E-state index in [-0.39, 0.29) is 17.3 Å². The van der Waals surface area contributed by atoms with E-state index < -0.39 is 11.5 Å². The first kappa shape index (κ1) is 18.1. The fourth-order valence-electron chi connectivity index (χ4n) is 3.01. The van der Waals surface area contributed by atoms with Gasteiger partial charge in [0.2, 0.25) is 0 Å². The van der Waals surface area contributed by atoms with Crippen molar-refractivity contribution in [1.82, 2.24) is 9.55 Å². The van der Waals surface area contributed by atoms with Crippen LogP contribution < -0.4 is 11.0 Å². The molecule has 1 aliphatic heterocycles. The third-order valence-electron chi connectivity index (χ3n) is 4.40. The van der Waals surface area contributed by atoms with E-state index >= 15 is 0 Å². The Balaban J connectivity index is 2.07. The maximum atomic E-state index is 12.8. The summed E-state index contributed by atoms with van der Waals surface area (Å²) >= 11 is 5.88. The molecule has 0 amide bonds. The first-order valence-corrected chi connectivity index (χ1v) is 8.77. The Morgan fingerprint density at radius 3 is 2.73 bits per heavy atom. The van der Waals surface area contributed by atoms with Crippen LogP contribution >= 0.6 is 11.6 Å². The first-order valence-electron chi connectivity index (χ1n) is 8.39. The standard InChI is InChI=1S/C18H19ClN4O3/c1-3-13-15(18(25)26)17(24)23-10(2)4-9-14(16(23)20-13)22-21-12-7-5-11(19)6-8-12/h5-8,10,21H,3-4,9H2,1-2H3,(H,25,26). The predicted molar refractivity (Wildman–Crippen MR) is 100 cm³/mol. The van der Waals surface area contributed by atoms with Crippen molar-refractivity contribution in [2.75, 3.05) is 5.43 Å². The fraction of sp³-hybridized carbons (Fsp3) is 0.333. The molecule has 0 saturated carbocycles. The van der Waals surface area contributed by atoms with Gasteiger partial charge in [0.15, 0.2) is 5.82 Å². The summed E-state index contributed by atoms with van der Waals surface area (Å²) in [5, 5.41) is 14.4. The van der Waals surface area contributed by atoms with Crippen molar-refractivity contribution in [3.8, 4) is 0 Å². The number of rotatable bonds is 4. The second-order valence-corrected chi connectivity index (χ2v) is 6.59. The Labute approximate surface area is 155 Å². The molecule has 136 valence electrons. The zero-order valence-electron chi connectivity index (χ0n) is 14.5. The Morgan fingerprint density at radius 2 is 2.12 bits per heavy atom. The molecule has 26 heavy (non-hydrogen) atoms. The summed E-state index contributed by atoms with van der Waals surface area (Å²) in [5.41, 5.74) is 3.84. The average Bonchev–Trinajstić information content (AvgIpc) is 2.61. The number of fused-ring (bicyclic) bond motifs is 1. The van der Waals surface area contributed by atoms with Crippen LogP contribution in [0.2, 0.25) is 5.02 Å². The Morgan fingerprint density at radius 1 is 1.42 bits per heavy atom. The zero-order valence-corrected chi connectivity index (χ0v) is 15.2. The SMILES string of the molecule is CCc1nc2n(c(=O)c1C(=O)O)C(C)CCC2=NNc1ccc(Cl)cc1. The molecule has 8 heteroatoms. The lowest BCUT2D eigenvalue weighted by Gasteiger charge is -2.26. The largest absolute Gasteiger partial charge is 0.477 e. The van der Waals surface area contributed by atoms with Crippen LogP contribution in [0.25, 0.3) is 0 Å². The molecule has 1 unspecified atom stereocenters. The average molecular weight is 375 g/mol. The molecule has 0 fully saturated rings. The van der Waals surface area contributed by atoms with Gasteiger partial charge in [-0.1, -0.05) is 18.5 Å². The highest BCUT2D eigenvalue weighted by Crippen LogP contribution is 2.23. The zero-order chi connectivity index (χ0) is 18.8. The molecule has 7 nitrogen and oxygen atoms in total. The number of benzene rings is 1. The van der Waals surface area contributed by atoms with Crippen molar-refractivity contribution in [2.24, 2.45) is 5.10 Å². The van der Waals surface area contributed by atoms with Crippen LogP contribution in [0.3, 0.4) is 0 Å². The van der Waals surface area contributed by atoms with Crippen LogP contribution in [0.4, 0.5) is 5.69 Å². The second kappa shape index (κ2) is 7.29. The summed E-state index contributed by atoms with van der Waals surface area (Å²) in [6.07, 6.45) is 1.68. The lowest BCUT2D eigenvalue weighted by Crippen LogP contribution is -2.38. The van der Waals surface area contributed by atoms with Crippen LogP contribution in [0.15, 0.2) is 34.2 Å². The second-order valence-electron chi connectivity index (χ2n) is 6.16. The summed E-state index contributed by atoms with van der Waals surface area (Å²) in [5.74, 6) is -0.817. The molecule has 1 atom stereocenters. The van der Waals surface area contributed by atoms with Gasteiger partial charge in [-0.25, -0.2) is 9.78 Å². The number of aromatic carboxylic acids is 1. The molecule has 0 radical (unpaired) electrons. The van der Waals surface area contributed by atoms with Gasteiger partial charge in [0, 0.05) is 11.1 Å². The number of nitrogens with one attached hydrogen (secondary N) is 1. The van der Waals surface area contributed by atoms with E-state index in [1.165, 1.54) is 4.57 Å². The molecule has 0 saturated heterocycles. The van der Waals surface area contributed by atoms with E-state index in [9.17, 15) is 14.7 Å². The molecule has 0 bridgehead atoms. The Hall–Kier alpha value is -2.67. The molecular formula is C18H19ClN4O3. The van der Waals surface area contributed by atoms with Gasteiger partial charge in [0.05, 0.1) is 11.4 Å². The summed E-state index contributed by atoms with van der Waals surface area (Å²) in [6.45, 7) is 3.66. The van der Waals surface area contributed by atoms with E-state index in [0.717, 1.165) is 5.69 Å². The molecular weight excluding hydrogens is 356 g/mol. The Bertz CT molecular complexity index is 935. The van der Waals surface area contributed by atoms with Gasteiger partial charge in [0.1, 0.15) is 11.3 Å². The van der Waals surface area contributed by atoms with Crippen LogP contribution in [-0.2, 0) is 6.42 Å². The minimum absolute atomic E-state index is 0.136. The lowest BCUT2D eigenvalue weighted by molar-refractivity contribution is 0.0692. The molecule has 1 aliphatic rings. The summed E-state index contributed by atoms with van der Waals surface area (Å²) in [4.78, 5) is 28.7. The number of carbonyl (C=O) groups is 1. The van der Waals surface area contributed by atoms with E-state index in [0.29, 0.717) is 35.8 Å². The number of carboxylic acids is 1. The molecule has 0 aliphatic carbocycles. The number of aromatic nitrogens is 2. The number of hydrogen-bond acceptors (Lipinski definition) is 5. The van der Waals surface area contributed by atoms with E-state index in [2.05, 4.69) is 15.5 Å². The number of nitrogens with zero attached hydrogens (tertiary/aromatic N) is 3. The minimum Gasteiger partial charge on any atom is -0.477 e. The summed E-state index contributed by atoms with van der Waals surface area (Å²) < 4.78 is 1.44. The number of hydrogen-bond donors (Lipinski definition) is 2. The highest BCUT2D eigenvalue weighted by Gasteiger charge is 2.29. The summed E-state index contributed by atoms with van der Waals surface area (Å²) in [7, 11) is 0. The van der Waals surface area contributed by atoms with Crippen LogP contribution in [0, 0.1) is 0 Å². The maximum Gasteiger partial charge on any atom is 0.343 e. The monoisotopic (exact) mass is 374 g/mol. The Kier molecular flexibility index (Phi) is 5.08. The molecule has 2 N–H and O–H groups in total. The molecule has 2 aromatic rings. The van der Waals surface area contributed by atoms with E-state index in [1.807, 2.05) is 6.92 Å². The quantitative estimate of drug-likeness (QED) is 0.800. The number of hydrazone groups is 1. The van der Waals surface area contributed by atoms with Crippen LogP contribution in [0.5, 0.6) is 0 Å². The number of halogens is 1. The van der Waals surface area contributed by atoms with Crippen molar-refractivity contribution >= 4 is 29.0 Å². The highest BCUT2D eigenvalue weighted by molar-refractivity contribution is 6.30. The number of carboxylic acid groups (broad SMARTS) is 1. The van der Waals surface area contributed by atoms with Gasteiger partial charge >= 0.3 is 5.97 Å². The van der Waals surface area contributed by atoms with Gasteiger partial charge in [-0.15, -0.1) is 0 Å². The highest BCUT2D eigenvalue weighted by atomic mass is 35.5. The third-order valence-corrected chi connectivity index (χ3v) is 4.65. The van der Waals surface area contributed by atoms with Crippen molar-refractivity contribution in [3.05, 3.63) is 56.7 Å². The molecule has 2 heterocycles. The predicted octanol–water partition coefficient (Wildman–Crippen LogP) is 3.33. The van der Waals surface area contributed by atoms with E-state index in [4.69, 9.17) is 11.6 Å². The van der Waals surface area contributed by atoms with E-state index in [1.54, 1.807) is 31.2 Å². The van der Waals surface area contributed by atoms with Gasteiger partial charge in [-0.3, -0.25) is 14.8 Å². The van der Waals surface area contributed by atoms with Crippen LogP contribution in [0.1, 0.15) is 54.6 Å². The summed E-state index contributed by atoms with van der Waals surface area (Å²) in [6, 6.07) is 6.95. The van der Waals surface area contributed by atoms with Gasteiger partial charge in [-0.05, 0) is 50.5 Å². The van der Waals surface area contributed by atoms with Gasteiger partial charge in [0.25, 0.3) is 5.56 Å². The van der Waals surface area contributed by atoms with Crippen LogP contribution in [-0.4, -0.2) is 26.3 Å². The van der Waals surface area contributed by atoms with Gasteiger partial charge in [-0.2, -0.15) is 5.10 Å². The van der Waals surface area contributed by atoms with Crippen molar-refractivity contribution in [2.45, 2.75) is 39.2 Å². The molecule has 0 spiro atoms. The topological polar surface area (TPSA) is 96.6 Å². The smallest absolute Gasteiger partial charge is 0.343 e. The molecule has 1 aromatic carbocycles. The minimum atomic E-state index is -1.25. The molecule has 3 rings (SSSR count). The lowest BCUT2D eigenvalue weighted by atomic mass is 10.0. The maximum absolute atomic E-state index is 12.8. The van der Waals surface area contributed by atoms with Crippen molar-refractivity contribution in [1.29, 1.82) is 0 Å². The van der Waals surface area contributed by atoms with Crippen molar-refractivity contribution < 1.29 is 9.90 Å². The third kappa shape index (κ3) is 3.35.